The van der Waals surface area contributed by atoms with Crippen molar-refractivity contribution in [2.24, 2.45) is 0 Å². The minimum Gasteiger partial charge on any atom is -0.378 e. The Morgan fingerprint density at radius 2 is 2.08 bits per heavy atom. The summed E-state index contributed by atoms with van der Waals surface area (Å²) in [4.78, 5) is 14.4. The average molecular weight is 473 g/mol. The molecule has 0 radical (unpaired) electrons. The normalized spacial score (nSPS) is 14.6. The van der Waals surface area contributed by atoms with E-state index in [0.717, 1.165) is 40.0 Å². The van der Waals surface area contributed by atoms with Crippen LogP contribution in [0.3, 0.4) is 0 Å². The van der Waals surface area contributed by atoms with Gasteiger partial charge in [-0.15, -0.1) is 10.2 Å². The van der Waals surface area contributed by atoms with Crippen molar-refractivity contribution >= 4 is 51.9 Å². The summed E-state index contributed by atoms with van der Waals surface area (Å²) in [7, 11) is 0. The number of rotatable bonds is 6. The first-order valence-electron chi connectivity index (χ1n) is 8.12. The van der Waals surface area contributed by atoms with Crippen molar-refractivity contribution in [3.8, 4) is 0 Å². The van der Waals surface area contributed by atoms with Crippen LogP contribution in [0.1, 0.15) is 6.92 Å². The van der Waals surface area contributed by atoms with Gasteiger partial charge in [-0.05, 0) is 41.6 Å². The Bertz CT molecular complexity index is 733. The summed E-state index contributed by atoms with van der Waals surface area (Å²) in [6.45, 7) is 5.86. The molecule has 1 fully saturated rings. The molecule has 1 aromatic carbocycles. The fourth-order valence-electron chi connectivity index (χ4n) is 2.54. The fourth-order valence-corrected chi connectivity index (χ4v) is 3.86. The van der Waals surface area contributed by atoms with Crippen LogP contribution in [0.4, 0.5) is 11.6 Å². The number of para-hydroxylation sites is 1. The van der Waals surface area contributed by atoms with Crippen LogP contribution in [0, 0.1) is 3.57 Å². The first kappa shape index (κ1) is 18.5. The molecule has 0 aliphatic carbocycles. The number of halogens is 1. The molecule has 25 heavy (non-hydrogen) atoms. The number of carbonyl (C=O) groups is 1. The van der Waals surface area contributed by atoms with E-state index in [4.69, 9.17) is 4.74 Å². The summed E-state index contributed by atoms with van der Waals surface area (Å²) in [5.41, 5.74) is 0.833. The lowest BCUT2D eigenvalue weighted by Crippen LogP contribution is -2.38. The summed E-state index contributed by atoms with van der Waals surface area (Å²) in [5.74, 6) is 1.10. The van der Waals surface area contributed by atoms with Gasteiger partial charge in [0.1, 0.15) is 0 Å². The van der Waals surface area contributed by atoms with Crippen LogP contribution in [-0.2, 0) is 16.1 Å². The van der Waals surface area contributed by atoms with Crippen LogP contribution in [0.25, 0.3) is 0 Å². The Labute approximate surface area is 164 Å². The smallest absolute Gasteiger partial charge is 0.234 e. The van der Waals surface area contributed by atoms with Crippen LogP contribution in [0.5, 0.6) is 0 Å². The summed E-state index contributed by atoms with van der Waals surface area (Å²) < 4.78 is 8.46. The van der Waals surface area contributed by atoms with Crippen molar-refractivity contribution in [1.82, 2.24) is 14.8 Å². The van der Waals surface area contributed by atoms with E-state index in [1.54, 1.807) is 0 Å². The third-order valence-corrected chi connectivity index (χ3v) is 5.70. The molecule has 1 saturated heterocycles. The molecule has 1 aromatic heterocycles. The molecule has 1 amide bonds. The molecule has 134 valence electrons. The summed E-state index contributed by atoms with van der Waals surface area (Å²) in [6.07, 6.45) is 0. The second-order valence-electron chi connectivity index (χ2n) is 5.44. The van der Waals surface area contributed by atoms with Crippen molar-refractivity contribution < 1.29 is 9.53 Å². The van der Waals surface area contributed by atoms with Gasteiger partial charge in [0.25, 0.3) is 0 Å². The Hall–Kier alpha value is -1.33. The third kappa shape index (κ3) is 4.64. The predicted molar refractivity (Wildman–Crippen MR) is 107 cm³/mol. The van der Waals surface area contributed by atoms with Gasteiger partial charge in [0, 0.05) is 23.2 Å². The molecule has 0 unspecified atom stereocenters. The maximum atomic E-state index is 12.2. The lowest BCUT2D eigenvalue weighted by Gasteiger charge is -2.27. The Morgan fingerprint density at radius 1 is 1.32 bits per heavy atom. The quantitative estimate of drug-likeness (QED) is 0.514. The van der Waals surface area contributed by atoms with Gasteiger partial charge in [-0.3, -0.25) is 9.36 Å². The number of amides is 1. The lowest BCUT2D eigenvalue weighted by atomic mass is 10.3. The molecular weight excluding hydrogens is 453 g/mol. The summed E-state index contributed by atoms with van der Waals surface area (Å²) in [6, 6.07) is 7.72. The highest BCUT2D eigenvalue weighted by atomic mass is 127. The molecule has 1 aliphatic heterocycles. The Morgan fingerprint density at radius 3 is 2.80 bits per heavy atom. The van der Waals surface area contributed by atoms with Crippen LogP contribution in [0.2, 0.25) is 0 Å². The van der Waals surface area contributed by atoms with E-state index >= 15 is 0 Å². The average Bonchev–Trinajstić information content (AvgIpc) is 3.05. The number of carbonyl (C=O) groups excluding carboxylic acids is 1. The third-order valence-electron chi connectivity index (χ3n) is 3.79. The van der Waals surface area contributed by atoms with Crippen molar-refractivity contribution in [2.45, 2.75) is 18.6 Å². The number of hydrogen-bond donors (Lipinski definition) is 1. The van der Waals surface area contributed by atoms with Gasteiger partial charge in [0.15, 0.2) is 5.16 Å². The zero-order valence-electron chi connectivity index (χ0n) is 13.9. The maximum Gasteiger partial charge on any atom is 0.234 e. The SMILES string of the molecule is CCn1c(SCC(=O)Nc2ccccc2I)nnc1N1CCOCC1. The number of nitrogens with one attached hydrogen (secondary N) is 1. The minimum absolute atomic E-state index is 0.0484. The number of hydrogen-bond acceptors (Lipinski definition) is 6. The van der Waals surface area contributed by atoms with Crippen LogP contribution >= 0.6 is 34.4 Å². The highest BCUT2D eigenvalue weighted by Crippen LogP contribution is 2.23. The molecule has 1 N–H and O–H groups in total. The van der Waals surface area contributed by atoms with Gasteiger partial charge in [-0.25, -0.2) is 0 Å². The lowest BCUT2D eigenvalue weighted by molar-refractivity contribution is -0.113. The molecule has 3 rings (SSSR count). The maximum absolute atomic E-state index is 12.2. The first-order valence-corrected chi connectivity index (χ1v) is 10.2. The van der Waals surface area contributed by atoms with Crippen LogP contribution < -0.4 is 10.2 Å². The minimum atomic E-state index is -0.0484. The van der Waals surface area contributed by atoms with Gasteiger partial charge in [-0.2, -0.15) is 0 Å². The largest absolute Gasteiger partial charge is 0.378 e. The highest BCUT2D eigenvalue weighted by molar-refractivity contribution is 14.1. The van der Waals surface area contributed by atoms with Crippen molar-refractivity contribution in [1.29, 1.82) is 0 Å². The van der Waals surface area contributed by atoms with E-state index in [9.17, 15) is 4.79 Å². The first-order chi connectivity index (χ1) is 12.2. The van der Waals surface area contributed by atoms with E-state index in [-0.39, 0.29) is 5.91 Å². The number of anilines is 2. The standard InChI is InChI=1S/C16H20IN5O2S/c1-2-22-15(21-7-9-24-10-8-21)19-20-16(22)25-11-14(23)18-13-6-4-3-5-12(13)17/h3-6H,2,7-11H2,1H3,(H,18,23). The Kier molecular flexibility index (Phi) is 6.54. The van der Waals surface area contributed by atoms with Gasteiger partial charge >= 0.3 is 0 Å². The van der Waals surface area contributed by atoms with Crippen molar-refractivity contribution in [2.75, 3.05) is 42.3 Å². The number of benzene rings is 1. The zero-order valence-corrected chi connectivity index (χ0v) is 16.9. The number of aromatic nitrogens is 3. The van der Waals surface area contributed by atoms with Crippen LogP contribution in [0.15, 0.2) is 29.4 Å². The highest BCUT2D eigenvalue weighted by Gasteiger charge is 2.20. The van der Waals surface area contributed by atoms with Gasteiger partial charge < -0.3 is 15.0 Å². The predicted octanol–water partition coefficient (Wildman–Crippen LogP) is 2.47. The molecule has 7 nitrogen and oxygen atoms in total. The van der Waals surface area contributed by atoms with E-state index < -0.39 is 0 Å². The topological polar surface area (TPSA) is 72.3 Å². The summed E-state index contributed by atoms with van der Waals surface area (Å²) >= 11 is 3.62. The second-order valence-corrected chi connectivity index (χ2v) is 7.55. The van der Waals surface area contributed by atoms with E-state index in [0.29, 0.717) is 19.0 Å². The number of ether oxygens (including phenoxy) is 1. The summed E-state index contributed by atoms with van der Waals surface area (Å²) in [5, 5.41) is 12.3. The molecule has 2 heterocycles. The van der Waals surface area contributed by atoms with E-state index in [1.807, 2.05) is 24.3 Å². The molecule has 0 spiro atoms. The Balaban J connectivity index is 1.62. The van der Waals surface area contributed by atoms with Gasteiger partial charge in [0.05, 0.1) is 24.7 Å². The van der Waals surface area contributed by atoms with Gasteiger partial charge in [-0.1, -0.05) is 23.9 Å². The van der Waals surface area contributed by atoms with E-state index in [1.165, 1.54) is 11.8 Å². The van der Waals surface area contributed by atoms with Crippen molar-refractivity contribution in [3.05, 3.63) is 27.8 Å². The van der Waals surface area contributed by atoms with Gasteiger partial charge in [0.2, 0.25) is 11.9 Å². The zero-order chi connectivity index (χ0) is 17.6. The number of thioether (sulfide) groups is 1. The molecule has 0 saturated carbocycles. The molecule has 9 heteroatoms. The van der Waals surface area contributed by atoms with Crippen LogP contribution in [-0.4, -0.2) is 52.7 Å². The molecule has 0 bridgehead atoms. The number of nitrogens with zero attached hydrogens (tertiary/aromatic N) is 4. The molecule has 1 aliphatic rings. The van der Waals surface area contributed by atoms with E-state index in [2.05, 4.69) is 54.5 Å². The van der Waals surface area contributed by atoms with Crippen molar-refractivity contribution in [3.63, 3.8) is 0 Å². The molecular formula is C16H20IN5O2S. The number of morpholine rings is 1. The molecule has 2 aromatic rings. The fraction of sp³-hybridized carbons (Fsp3) is 0.438. The molecule has 0 atom stereocenters. The second kappa shape index (κ2) is 8.86. The monoisotopic (exact) mass is 473 g/mol.